The first-order valence-corrected chi connectivity index (χ1v) is 27.9. The van der Waals surface area contributed by atoms with Gasteiger partial charge in [-0.2, -0.15) is 246 Å². The van der Waals surface area contributed by atoms with Crippen LogP contribution in [0.4, 0.5) is 260 Å². The van der Waals surface area contributed by atoms with E-state index in [0.717, 1.165) is 0 Å². The van der Waals surface area contributed by atoms with Gasteiger partial charge in [0.05, 0.1) is 27.9 Å². The van der Waals surface area contributed by atoms with Gasteiger partial charge in [0.25, 0.3) is 5.95 Å². The van der Waals surface area contributed by atoms with Gasteiger partial charge in [-0.15, -0.1) is 0 Å². The number of carbonyl (C=O) groups is 3. The Bertz CT molecular complexity index is 3410. The molecule has 736 valence electrons. The Hall–Kier alpha value is -7.13. The van der Waals surface area contributed by atoms with Crippen molar-refractivity contribution in [1.82, 2.24) is 0 Å². The fourth-order valence-corrected chi connectivity index (χ4v) is 5.42. The van der Waals surface area contributed by atoms with E-state index in [1.54, 1.807) is 0 Å². The Kier molecular flexibility index (Phi) is 36.7. The molecule has 0 radical (unpaired) electrons. The number of hydrogen-bond acceptors (Lipinski definition) is 20. The first-order valence-electron chi connectivity index (χ1n) is 27.9. The third kappa shape index (κ3) is 28.9. The van der Waals surface area contributed by atoms with E-state index in [2.05, 4.69) is 63.4 Å². The number of carbonyl (C=O) groups excluding carboxylic acids is 3. The average Bonchev–Trinajstić information content (AvgIpc) is 1.04. The Labute approximate surface area is 636 Å². The molecule has 20 nitrogen and oxygen atoms in total. The van der Waals surface area contributed by atoms with Crippen LogP contribution in [0.5, 0.6) is 0 Å². The first kappa shape index (κ1) is 120. The maximum absolute atomic E-state index is 14.2. The summed E-state index contributed by atoms with van der Waals surface area (Å²) in [7, 11) is 1.26. The zero-order valence-corrected chi connectivity index (χ0v) is 57.9. The van der Waals surface area contributed by atoms with Crippen LogP contribution in [0.15, 0.2) is 12.5 Å². The van der Waals surface area contributed by atoms with Gasteiger partial charge < -0.3 is 42.6 Å². The summed E-state index contributed by atoms with van der Waals surface area (Å²) in [6.45, 7) is -13.5. The van der Waals surface area contributed by atoms with Gasteiger partial charge in [0, 0.05) is 27.7 Å². The smallest absolute Gasteiger partial charge is 0.462 e. The fraction of sp³-hybridized carbons (Fsp3) is 0.894. The Morgan fingerprint density at radius 1 is 0.276 bits per heavy atom. The molecule has 1 aliphatic heterocycles. The molecule has 0 aromatic heterocycles. The normalized spacial score (nSPS) is 19.5. The number of hydrogen-bond donors (Lipinski definition) is 0. The van der Waals surface area contributed by atoms with E-state index in [1.807, 2.05) is 14.2 Å². The molecule has 0 bridgehead atoms. The Balaban J connectivity index is -0.00000160. The molecular formula is C47H36F56O20. The molecule has 9 atom stereocenters. The molecule has 0 saturated carbocycles. The largest absolute Gasteiger partial charge is 0.508 e. The van der Waals surface area contributed by atoms with E-state index in [1.165, 1.54) is 9.47 Å². The van der Waals surface area contributed by atoms with E-state index in [4.69, 9.17) is 0 Å². The van der Waals surface area contributed by atoms with Crippen molar-refractivity contribution in [3.8, 4) is 0 Å². The predicted octanol–water partition coefficient (Wildman–Crippen LogP) is 20.5. The minimum atomic E-state index is -8.34. The minimum Gasteiger partial charge on any atom is -0.462 e. The summed E-state index contributed by atoms with van der Waals surface area (Å²) in [6.07, 6.45) is -123. The summed E-state index contributed by atoms with van der Waals surface area (Å²) in [5.41, 5.74) is 0. The minimum absolute atomic E-state index is 0.237. The fourth-order valence-electron chi connectivity index (χ4n) is 5.42. The Morgan fingerprint density at radius 3 is 0.610 bits per heavy atom. The van der Waals surface area contributed by atoms with Crippen molar-refractivity contribution in [3.63, 3.8) is 0 Å². The van der Waals surface area contributed by atoms with Gasteiger partial charge in [-0.3, -0.25) is 37.9 Å². The maximum atomic E-state index is 14.2. The second kappa shape index (κ2) is 37.7. The van der Waals surface area contributed by atoms with Crippen LogP contribution in [-0.2, 0) is 80.5 Å². The number of ether oxygens (including phenoxy) is 17. The highest BCUT2D eigenvalue weighted by atomic mass is 19.5. The highest BCUT2D eigenvalue weighted by Crippen LogP contribution is 2.61. The molecule has 1 fully saturated rings. The van der Waals surface area contributed by atoms with Crippen LogP contribution in [0.1, 0.15) is 27.7 Å². The molecule has 0 spiro atoms. The van der Waals surface area contributed by atoms with Crippen molar-refractivity contribution in [2.45, 2.75) is 203 Å². The van der Waals surface area contributed by atoms with Crippen LogP contribution in [0.25, 0.3) is 0 Å². The predicted molar refractivity (Wildman–Crippen MR) is 256 cm³/mol. The SMILES string of the molecule is C=C1OCC(COCC(F)(OC(F)(F)C(F)(OC(F)(F)C(C)(F)F)C(F)(F)F)C(F)(F)F)O1.COC(=O)OCC(F)(OC(F)(F)C(C)(F)F)C(F)(F)F.COC(=O)OCC(F)(OC(F)(F)C(F)(OC(F)(F)C(C)(F)F)C(F)(F)F)C(F)(F)F.COC(=O)OCC(F)(OC(F)(F)C(F)(OC(F)(F)C(F)(OC(F)(F)C(C)(F)F)C(F)(F)F)C(F)(F)F)C(F)(F)F. The third-order valence-corrected chi connectivity index (χ3v) is 11.9. The van der Waals surface area contributed by atoms with E-state index in [9.17, 15) is 260 Å². The van der Waals surface area contributed by atoms with Crippen molar-refractivity contribution >= 4 is 18.5 Å². The molecular weight excluding hydrogens is 1950 g/mol. The zero-order valence-electron chi connectivity index (χ0n) is 57.9. The summed E-state index contributed by atoms with van der Waals surface area (Å²) in [6, 6.07) is 0. The summed E-state index contributed by atoms with van der Waals surface area (Å²) >= 11 is 0. The molecule has 76 heteroatoms. The summed E-state index contributed by atoms with van der Waals surface area (Å²) in [5, 5.41) is 0. The monoisotopic (exact) mass is 1980 g/mol. The maximum Gasteiger partial charge on any atom is 0.508 e. The molecule has 0 aromatic carbocycles. The van der Waals surface area contributed by atoms with Crippen molar-refractivity contribution in [2.75, 3.05) is 61.0 Å². The second-order valence-corrected chi connectivity index (χ2v) is 21.9. The van der Waals surface area contributed by atoms with Crippen molar-refractivity contribution in [1.29, 1.82) is 0 Å². The lowest BCUT2D eigenvalue weighted by Crippen LogP contribution is -2.70. The van der Waals surface area contributed by atoms with Crippen molar-refractivity contribution in [2.24, 2.45) is 0 Å². The molecule has 1 heterocycles. The standard InChI is InChI=1S/C14H8F20O6.C14H12F14O5.C11H8F14O5.C8H8F8O4/c1-5(15,16)12(29,30)39-8(19,11(26,27)28)14(33,34)40-7(18,10(23,24)25)13(31,32)38-6(17,9(20,21)22)3-37-4(35)36-2;1-6-30-4-7(31-6)3-29-5-9(17,11(19,20)21)32-14(27,28)10(18,12(22,23)24)33-13(25,26)8(2,15)16;1-5(12,13)10(22,23)30-7(15,9(19,20)21)11(24,25)29-6(14,8(16,17)18)3-28-4(26)27-2;1-5(9,10)8(15,16)20-6(11,7(12,13)14)3-19-4(17)18-2/h3H2,1-2H3;7H,1,3-5H2,2H3;3H2,1-2H3;3H2,1-2H3. The summed E-state index contributed by atoms with van der Waals surface area (Å²) < 4.78 is 780. The summed E-state index contributed by atoms with van der Waals surface area (Å²) in [4.78, 5) is 31.5. The Morgan fingerprint density at radius 2 is 0.447 bits per heavy atom. The van der Waals surface area contributed by atoms with Crippen molar-refractivity contribution < 1.29 is 341 Å². The number of methoxy groups -OCH3 is 3. The highest BCUT2D eigenvalue weighted by molar-refractivity contribution is 5.60. The number of rotatable bonds is 34. The molecule has 1 aliphatic rings. The number of halogens is 56. The lowest BCUT2D eigenvalue weighted by Gasteiger charge is -2.42. The van der Waals surface area contributed by atoms with Gasteiger partial charge in [0.1, 0.15) is 13.2 Å². The van der Waals surface area contributed by atoms with E-state index >= 15 is 0 Å². The molecule has 1 saturated heterocycles. The first-order chi connectivity index (χ1) is 53.0. The molecule has 0 aliphatic carbocycles. The molecule has 0 aromatic rings. The van der Waals surface area contributed by atoms with Crippen LogP contribution >= 0.6 is 0 Å². The summed E-state index contributed by atoms with van der Waals surface area (Å²) in [5.74, 6) is -78.7. The second-order valence-electron chi connectivity index (χ2n) is 21.9. The lowest BCUT2D eigenvalue weighted by atomic mass is 10.2. The van der Waals surface area contributed by atoms with E-state index in [0.29, 0.717) is 14.2 Å². The van der Waals surface area contributed by atoms with Gasteiger partial charge in [0.2, 0.25) is 0 Å². The van der Waals surface area contributed by atoms with Gasteiger partial charge in [-0.25, -0.2) is 14.4 Å². The molecule has 0 N–H and O–H groups in total. The zero-order chi connectivity index (χ0) is 100. The number of alkyl halides is 56. The lowest BCUT2D eigenvalue weighted by molar-refractivity contribution is -0.575. The molecule has 0 amide bonds. The van der Waals surface area contributed by atoms with Crippen molar-refractivity contribution in [3.05, 3.63) is 12.5 Å². The van der Waals surface area contributed by atoms with Crippen LogP contribution in [0, 0.1) is 0 Å². The van der Waals surface area contributed by atoms with Crippen LogP contribution in [0.2, 0.25) is 0 Å². The quantitative estimate of drug-likeness (QED) is 0.0333. The van der Waals surface area contributed by atoms with Gasteiger partial charge >= 0.3 is 187 Å². The average molecular weight is 1980 g/mol. The molecule has 1 rings (SSSR count). The van der Waals surface area contributed by atoms with Crippen LogP contribution in [-0.4, -0.2) is 254 Å². The van der Waals surface area contributed by atoms with Gasteiger partial charge in [-0.05, 0) is 6.58 Å². The molecule has 9 unspecified atom stereocenters. The third-order valence-electron chi connectivity index (χ3n) is 11.9. The van der Waals surface area contributed by atoms with E-state index < -0.39 is 261 Å². The highest BCUT2D eigenvalue weighted by Gasteiger charge is 2.88. The van der Waals surface area contributed by atoms with Crippen LogP contribution in [0.3, 0.4) is 0 Å². The van der Waals surface area contributed by atoms with Crippen LogP contribution < -0.4 is 0 Å². The topological polar surface area (TPSA) is 208 Å². The molecule has 123 heavy (non-hydrogen) atoms. The van der Waals surface area contributed by atoms with Gasteiger partial charge in [0.15, 0.2) is 25.9 Å². The van der Waals surface area contributed by atoms with E-state index in [-0.39, 0.29) is 13.1 Å². The van der Waals surface area contributed by atoms with Gasteiger partial charge in [-0.1, -0.05) is 0 Å².